The number of piperidine rings is 1. The van der Waals surface area contributed by atoms with Gasteiger partial charge in [-0.3, -0.25) is 0 Å². The monoisotopic (exact) mass is 371 g/mol. The largest absolute Gasteiger partial charge is 0.393 e. The Balaban J connectivity index is 1.46. The molecule has 1 unspecified atom stereocenters. The smallest absolute Gasteiger partial charge is 0.0757 e. The predicted octanol–water partition coefficient (Wildman–Crippen LogP) is 3.82. The lowest BCUT2D eigenvalue weighted by Crippen LogP contribution is -2.54. The van der Waals surface area contributed by atoms with Gasteiger partial charge in [0.25, 0.3) is 0 Å². The van der Waals surface area contributed by atoms with Crippen LogP contribution in [0.25, 0.3) is 0 Å². The van der Waals surface area contributed by atoms with Gasteiger partial charge in [0.2, 0.25) is 0 Å². The van der Waals surface area contributed by atoms with E-state index >= 15 is 0 Å². The summed E-state index contributed by atoms with van der Waals surface area (Å²) in [6, 6.07) is 0. The number of nitrogens with one attached hydrogen (secondary N) is 1. The second-order valence-corrected chi connectivity index (χ2v) is 10.7. The Morgan fingerprint density at radius 1 is 1.04 bits per heavy atom. The third-order valence-corrected chi connectivity index (χ3v) is 9.48. The van der Waals surface area contributed by atoms with Crippen molar-refractivity contribution in [2.75, 3.05) is 13.1 Å². The van der Waals surface area contributed by atoms with Crippen LogP contribution in [0.4, 0.5) is 0 Å². The van der Waals surface area contributed by atoms with E-state index < -0.39 is 0 Å². The number of aliphatic hydroxyl groups is 2. The Hall–Kier alpha value is -0.640. The van der Waals surface area contributed by atoms with Crippen LogP contribution in [0.3, 0.4) is 0 Å². The van der Waals surface area contributed by atoms with E-state index in [4.69, 9.17) is 0 Å². The minimum atomic E-state index is -0.328. The van der Waals surface area contributed by atoms with Crippen molar-refractivity contribution >= 4 is 0 Å². The molecular formula is C24H37NO2. The lowest BCUT2D eigenvalue weighted by molar-refractivity contribution is -0.0792. The molecule has 0 amide bonds. The molecule has 2 saturated carbocycles. The van der Waals surface area contributed by atoms with E-state index in [0.717, 1.165) is 32.2 Å². The average Bonchev–Trinajstić information content (AvgIpc) is 3.01. The van der Waals surface area contributed by atoms with Gasteiger partial charge in [-0.05, 0) is 92.4 Å². The number of aliphatic hydroxyl groups excluding tert-OH is 2. The van der Waals surface area contributed by atoms with Crippen molar-refractivity contribution in [2.45, 2.75) is 77.4 Å². The molecule has 1 aliphatic heterocycles. The van der Waals surface area contributed by atoms with E-state index in [0.29, 0.717) is 23.7 Å². The first-order chi connectivity index (χ1) is 12.9. The van der Waals surface area contributed by atoms with Gasteiger partial charge < -0.3 is 15.5 Å². The number of rotatable bonds is 1. The summed E-state index contributed by atoms with van der Waals surface area (Å²) in [7, 11) is 0. The van der Waals surface area contributed by atoms with Gasteiger partial charge in [-0.1, -0.05) is 37.1 Å². The Morgan fingerprint density at radius 2 is 1.85 bits per heavy atom. The minimum Gasteiger partial charge on any atom is -0.393 e. The fraction of sp³-hybridized carbons (Fsp3) is 0.833. The van der Waals surface area contributed by atoms with Gasteiger partial charge in [0.05, 0.1) is 12.2 Å². The summed E-state index contributed by atoms with van der Waals surface area (Å²) in [4.78, 5) is 0. The van der Waals surface area contributed by atoms with Crippen LogP contribution in [-0.2, 0) is 0 Å². The molecule has 0 aromatic rings. The van der Waals surface area contributed by atoms with Gasteiger partial charge in [0.1, 0.15) is 0 Å². The topological polar surface area (TPSA) is 52.5 Å². The lowest BCUT2D eigenvalue weighted by atomic mass is 9.46. The molecular weight excluding hydrogens is 334 g/mol. The molecule has 1 saturated heterocycles. The molecule has 0 aromatic carbocycles. The third-order valence-electron chi connectivity index (χ3n) is 9.48. The summed E-state index contributed by atoms with van der Waals surface area (Å²) in [6.07, 6.45) is 13.3. The zero-order chi connectivity index (χ0) is 18.8. The van der Waals surface area contributed by atoms with Crippen molar-refractivity contribution in [2.24, 2.45) is 34.5 Å². The van der Waals surface area contributed by atoms with Gasteiger partial charge in [0, 0.05) is 6.54 Å². The summed E-state index contributed by atoms with van der Waals surface area (Å²) in [5.41, 5.74) is 3.53. The van der Waals surface area contributed by atoms with Crippen LogP contribution in [0.15, 0.2) is 23.3 Å². The summed E-state index contributed by atoms with van der Waals surface area (Å²) >= 11 is 0. The molecule has 1 heterocycles. The van der Waals surface area contributed by atoms with Crippen LogP contribution in [0.1, 0.15) is 65.2 Å². The number of hydrogen-bond donors (Lipinski definition) is 3. The molecule has 27 heavy (non-hydrogen) atoms. The maximum absolute atomic E-state index is 11.2. The van der Waals surface area contributed by atoms with E-state index in [9.17, 15) is 10.2 Å². The van der Waals surface area contributed by atoms with Crippen LogP contribution >= 0.6 is 0 Å². The van der Waals surface area contributed by atoms with Crippen LogP contribution in [0.2, 0.25) is 0 Å². The third kappa shape index (κ3) is 2.64. The van der Waals surface area contributed by atoms with Crippen molar-refractivity contribution < 1.29 is 10.2 Å². The SMILES string of the molecule is C[C@]12CC[C@H](O)CC1=C[C@H](O)[C@@H]1[C@@H]2CC[C@]2(C)C(C3CCCNC3)=CC[C@@H]12. The van der Waals surface area contributed by atoms with Crippen molar-refractivity contribution in [1.29, 1.82) is 0 Å². The lowest BCUT2D eigenvalue weighted by Gasteiger charge is -2.59. The maximum Gasteiger partial charge on any atom is 0.0757 e. The first-order valence-electron chi connectivity index (χ1n) is 11.4. The Kier molecular flexibility index (Phi) is 4.38. The summed E-state index contributed by atoms with van der Waals surface area (Å²) in [5, 5.41) is 25.0. The summed E-state index contributed by atoms with van der Waals surface area (Å²) in [6.45, 7) is 7.26. The van der Waals surface area contributed by atoms with E-state index in [1.807, 2.05) is 0 Å². The number of hydrogen-bond acceptors (Lipinski definition) is 3. The first kappa shape index (κ1) is 18.4. The second kappa shape index (κ2) is 6.43. The van der Waals surface area contributed by atoms with E-state index in [-0.39, 0.29) is 23.0 Å². The Bertz CT molecular complexity index is 663. The predicted molar refractivity (Wildman–Crippen MR) is 108 cm³/mol. The Labute approximate surface area is 164 Å². The highest BCUT2D eigenvalue weighted by Crippen LogP contribution is 2.65. The number of allylic oxidation sites excluding steroid dienone is 1. The van der Waals surface area contributed by atoms with Crippen LogP contribution in [-0.4, -0.2) is 35.5 Å². The molecule has 3 heteroatoms. The van der Waals surface area contributed by atoms with Crippen LogP contribution in [0.5, 0.6) is 0 Å². The standard InChI is InChI=1S/C24H37NO2/c1-23-9-7-17(26)12-16(23)13-21(27)22-19-6-5-18(15-4-3-11-25-14-15)24(19,2)10-8-20(22)23/h5,13,15,17,19-22,25-27H,3-4,6-12,14H2,1-2H3/t15?,17-,19-,20-,21-,22-,23-,24+/m0/s1. The fourth-order valence-electron chi connectivity index (χ4n) is 7.99. The molecule has 8 atom stereocenters. The molecule has 0 radical (unpaired) electrons. The van der Waals surface area contributed by atoms with E-state index in [1.165, 1.54) is 37.8 Å². The van der Waals surface area contributed by atoms with E-state index in [1.54, 1.807) is 5.57 Å². The maximum atomic E-state index is 11.2. The first-order valence-corrected chi connectivity index (χ1v) is 11.4. The van der Waals surface area contributed by atoms with Gasteiger partial charge in [0.15, 0.2) is 0 Å². The van der Waals surface area contributed by atoms with Crippen LogP contribution < -0.4 is 5.32 Å². The molecule has 150 valence electrons. The molecule has 0 bridgehead atoms. The highest BCUT2D eigenvalue weighted by Gasteiger charge is 2.59. The molecule has 0 spiro atoms. The van der Waals surface area contributed by atoms with Gasteiger partial charge in [-0.25, -0.2) is 0 Å². The van der Waals surface area contributed by atoms with Gasteiger partial charge in [-0.15, -0.1) is 0 Å². The van der Waals surface area contributed by atoms with Crippen molar-refractivity contribution in [3.05, 3.63) is 23.3 Å². The van der Waals surface area contributed by atoms with Crippen molar-refractivity contribution in [3.63, 3.8) is 0 Å². The minimum absolute atomic E-state index is 0.194. The van der Waals surface area contributed by atoms with Crippen molar-refractivity contribution in [3.8, 4) is 0 Å². The quantitative estimate of drug-likeness (QED) is 0.614. The van der Waals surface area contributed by atoms with Gasteiger partial charge >= 0.3 is 0 Å². The molecule has 0 aromatic heterocycles. The fourth-order valence-corrected chi connectivity index (χ4v) is 7.99. The number of fused-ring (bicyclic) bond motifs is 5. The molecule has 3 fully saturated rings. The molecule has 5 aliphatic rings. The summed E-state index contributed by atoms with van der Waals surface area (Å²) in [5.74, 6) is 2.26. The van der Waals surface area contributed by atoms with Crippen LogP contribution in [0, 0.1) is 34.5 Å². The zero-order valence-electron chi connectivity index (χ0n) is 17.1. The van der Waals surface area contributed by atoms with Gasteiger partial charge in [-0.2, -0.15) is 0 Å². The second-order valence-electron chi connectivity index (χ2n) is 10.7. The highest BCUT2D eigenvalue weighted by atomic mass is 16.3. The average molecular weight is 372 g/mol. The Morgan fingerprint density at radius 3 is 2.63 bits per heavy atom. The molecule has 4 aliphatic carbocycles. The summed E-state index contributed by atoms with van der Waals surface area (Å²) < 4.78 is 0. The molecule has 3 nitrogen and oxygen atoms in total. The zero-order valence-corrected chi connectivity index (χ0v) is 17.1. The molecule has 5 rings (SSSR count). The van der Waals surface area contributed by atoms with E-state index in [2.05, 4.69) is 31.3 Å². The molecule has 3 N–H and O–H groups in total. The normalized spacial score (nSPS) is 52.3. The highest BCUT2D eigenvalue weighted by molar-refractivity contribution is 5.33. The van der Waals surface area contributed by atoms with Crippen molar-refractivity contribution in [1.82, 2.24) is 5.32 Å².